The first-order valence-electron chi connectivity index (χ1n) is 2.76. The first kappa shape index (κ1) is 5.45. The second-order valence-corrected chi connectivity index (χ2v) is 3.08. The SMILES string of the molecule is CCC1CNCS1. The standard InChI is InChI=1S/C5H11NS/c1-2-5-3-6-4-7-5/h5-6H,2-4H2,1H3. The number of thioether (sulfide) groups is 1. The third-order valence-corrected chi connectivity index (χ3v) is 2.59. The van der Waals surface area contributed by atoms with Gasteiger partial charge in [0, 0.05) is 17.7 Å². The van der Waals surface area contributed by atoms with Crippen molar-refractivity contribution >= 4 is 11.8 Å². The van der Waals surface area contributed by atoms with Gasteiger partial charge in [0.15, 0.2) is 0 Å². The maximum Gasteiger partial charge on any atom is 0.0421 e. The van der Waals surface area contributed by atoms with Gasteiger partial charge in [-0.25, -0.2) is 0 Å². The normalized spacial score (nSPS) is 31.3. The van der Waals surface area contributed by atoms with Gasteiger partial charge in [-0.05, 0) is 6.42 Å². The molecule has 1 aliphatic heterocycles. The number of hydrogen-bond donors (Lipinski definition) is 1. The van der Waals surface area contributed by atoms with Crippen molar-refractivity contribution in [2.24, 2.45) is 0 Å². The van der Waals surface area contributed by atoms with Gasteiger partial charge < -0.3 is 5.32 Å². The Morgan fingerprint density at radius 2 is 2.71 bits per heavy atom. The summed E-state index contributed by atoms with van der Waals surface area (Å²) in [4.78, 5) is 0. The van der Waals surface area contributed by atoms with E-state index < -0.39 is 0 Å². The maximum atomic E-state index is 3.29. The Bertz CT molecular complexity index is 50.0. The highest BCUT2D eigenvalue weighted by Crippen LogP contribution is 2.16. The van der Waals surface area contributed by atoms with E-state index in [2.05, 4.69) is 12.2 Å². The summed E-state index contributed by atoms with van der Waals surface area (Å²) >= 11 is 2.03. The fourth-order valence-electron chi connectivity index (χ4n) is 0.718. The third-order valence-electron chi connectivity index (χ3n) is 1.25. The lowest BCUT2D eigenvalue weighted by atomic mass is 10.3. The average Bonchev–Trinajstić information content (AvgIpc) is 2.14. The molecule has 0 aromatic carbocycles. The molecular weight excluding hydrogens is 106 g/mol. The second-order valence-electron chi connectivity index (χ2n) is 1.80. The molecule has 42 valence electrons. The van der Waals surface area contributed by atoms with Crippen LogP contribution in [0.1, 0.15) is 13.3 Å². The third kappa shape index (κ3) is 1.35. The molecule has 0 aliphatic carbocycles. The fourth-order valence-corrected chi connectivity index (χ4v) is 1.66. The quantitative estimate of drug-likeness (QED) is 0.551. The van der Waals surface area contributed by atoms with Gasteiger partial charge in [0.2, 0.25) is 0 Å². The average molecular weight is 117 g/mol. The van der Waals surface area contributed by atoms with E-state index in [1.54, 1.807) is 0 Å². The summed E-state index contributed by atoms with van der Waals surface area (Å²) in [6.45, 7) is 3.46. The van der Waals surface area contributed by atoms with Crippen LogP contribution in [0.5, 0.6) is 0 Å². The van der Waals surface area contributed by atoms with E-state index in [1.807, 2.05) is 11.8 Å². The van der Waals surface area contributed by atoms with E-state index in [9.17, 15) is 0 Å². The highest BCUT2D eigenvalue weighted by molar-refractivity contribution is 8.00. The van der Waals surface area contributed by atoms with Crippen molar-refractivity contribution in [2.45, 2.75) is 18.6 Å². The summed E-state index contributed by atoms with van der Waals surface area (Å²) in [6, 6.07) is 0. The monoisotopic (exact) mass is 117 g/mol. The highest BCUT2D eigenvalue weighted by atomic mass is 32.2. The van der Waals surface area contributed by atoms with Gasteiger partial charge >= 0.3 is 0 Å². The molecule has 1 saturated heterocycles. The molecule has 0 aromatic rings. The minimum absolute atomic E-state index is 0.903. The summed E-state index contributed by atoms with van der Waals surface area (Å²) in [5.74, 6) is 1.17. The Hall–Kier alpha value is 0.310. The maximum absolute atomic E-state index is 3.29. The van der Waals surface area contributed by atoms with Gasteiger partial charge in [-0.1, -0.05) is 6.92 Å². The molecule has 0 spiro atoms. The molecule has 1 unspecified atom stereocenters. The molecule has 1 aliphatic rings. The lowest BCUT2D eigenvalue weighted by molar-refractivity contribution is 0.755. The van der Waals surface area contributed by atoms with E-state index in [0.717, 1.165) is 5.25 Å². The zero-order valence-corrected chi connectivity index (χ0v) is 5.42. The molecule has 0 bridgehead atoms. The lowest BCUT2D eigenvalue weighted by Gasteiger charge is -1.98. The molecule has 1 heterocycles. The van der Waals surface area contributed by atoms with Gasteiger partial charge in [0.25, 0.3) is 0 Å². The minimum atomic E-state index is 0.903. The Kier molecular flexibility index (Phi) is 2.00. The first-order valence-corrected chi connectivity index (χ1v) is 3.80. The van der Waals surface area contributed by atoms with E-state index in [0.29, 0.717) is 0 Å². The number of rotatable bonds is 1. The smallest absolute Gasteiger partial charge is 0.0421 e. The Morgan fingerprint density at radius 3 is 3.00 bits per heavy atom. The van der Waals surface area contributed by atoms with Crippen LogP contribution in [0.2, 0.25) is 0 Å². The van der Waals surface area contributed by atoms with E-state index in [4.69, 9.17) is 0 Å². The molecule has 1 rings (SSSR count). The van der Waals surface area contributed by atoms with Crippen LogP contribution < -0.4 is 5.32 Å². The van der Waals surface area contributed by atoms with Crippen LogP contribution in [0.3, 0.4) is 0 Å². The molecule has 1 N–H and O–H groups in total. The predicted molar refractivity (Wildman–Crippen MR) is 34.5 cm³/mol. The number of nitrogens with one attached hydrogen (secondary N) is 1. The van der Waals surface area contributed by atoms with Gasteiger partial charge in [-0.3, -0.25) is 0 Å². The summed E-state index contributed by atoms with van der Waals surface area (Å²) < 4.78 is 0. The predicted octanol–water partition coefficient (Wildman–Crippen LogP) is 1.06. The lowest BCUT2D eigenvalue weighted by Crippen LogP contribution is -2.11. The first-order chi connectivity index (χ1) is 3.43. The highest BCUT2D eigenvalue weighted by Gasteiger charge is 2.10. The van der Waals surface area contributed by atoms with Crippen LogP contribution in [0.4, 0.5) is 0 Å². The molecule has 2 heteroatoms. The van der Waals surface area contributed by atoms with Crippen molar-refractivity contribution in [3.63, 3.8) is 0 Å². The summed E-state index contributed by atoms with van der Waals surface area (Å²) in [7, 11) is 0. The molecular formula is C5H11NS. The van der Waals surface area contributed by atoms with E-state index in [1.165, 1.54) is 18.8 Å². The zero-order valence-electron chi connectivity index (χ0n) is 4.61. The minimum Gasteiger partial charge on any atom is -0.307 e. The fraction of sp³-hybridized carbons (Fsp3) is 1.00. The Balaban J connectivity index is 2.14. The molecule has 0 amide bonds. The summed E-state index contributed by atoms with van der Waals surface area (Å²) in [5.41, 5.74) is 0. The van der Waals surface area contributed by atoms with Gasteiger partial charge in [-0.2, -0.15) is 0 Å². The van der Waals surface area contributed by atoms with Crippen molar-refractivity contribution in [2.75, 3.05) is 12.4 Å². The number of hydrogen-bond acceptors (Lipinski definition) is 2. The molecule has 0 radical (unpaired) electrons. The molecule has 1 nitrogen and oxygen atoms in total. The molecule has 1 atom stereocenters. The molecule has 0 saturated carbocycles. The Labute approximate surface area is 48.9 Å². The molecule has 1 fully saturated rings. The van der Waals surface area contributed by atoms with E-state index >= 15 is 0 Å². The van der Waals surface area contributed by atoms with Crippen molar-refractivity contribution in [1.82, 2.24) is 5.32 Å². The van der Waals surface area contributed by atoms with Gasteiger partial charge in [-0.15, -0.1) is 11.8 Å². The molecule has 0 aromatic heterocycles. The van der Waals surface area contributed by atoms with Crippen LogP contribution >= 0.6 is 11.8 Å². The molecule has 7 heavy (non-hydrogen) atoms. The van der Waals surface area contributed by atoms with Crippen molar-refractivity contribution in [1.29, 1.82) is 0 Å². The van der Waals surface area contributed by atoms with Crippen LogP contribution in [0.15, 0.2) is 0 Å². The topological polar surface area (TPSA) is 12.0 Å². The van der Waals surface area contributed by atoms with Crippen LogP contribution in [0.25, 0.3) is 0 Å². The van der Waals surface area contributed by atoms with Crippen molar-refractivity contribution in [3.8, 4) is 0 Å². The van der Waals surface area contributed by atoms with Gasteiger partial charge in [0.05, 0.1) is 0 Å². The van der Waals surface area contributed by atoms with Gasteiger partial charge in [0.1, 0.15) is 0 Å². The summed E-state index contributed by atoms with van der Waals surface area (Å²) in [6.07, 6.45) is 1.32. The largest absolute Gasteiger partial charge is 0.307 e. The Morgan fingerprint density at radius 1 is 1.86 bits per heavy atom. The second kappa shape index (κ2) is 2.58. The van der Waals surface area contributed by atoms with E-state index in [-0.39, 0.29) is 0 Å². The van der Waals surface area contributed by atoms with Crippen LogP contribution in [-0.4, -0.2) is 17.7 Å². The zero-order chi connectivity index (χ0) is 5.11. The van der Waals surface area contributed by atoms with Crippen molar-refractivity contribution < 1.29 is 0 Å². The summed E-state index contributed by atoms with van der Waals surface area (Å²) in [5, 5.41) is 4.19. The van der Waals surface area contributed by atoms with Crippen molar-refractivity contribution in [3.05, 3.63) is 0 Å². The van der Waals surface area contributed by atoms with Crippen LogP contribution in [0, 0.1) is 0 Å². The van der Waals surface area contributed by atoms with Crippen LogP contribution in [-0.2, 0) is 0 Å².